The van der Waals surface area contributed by atoms with Gasteiger partial charge in [0.15, 0.2) is 9.84 Å². The van der Waals surface area contributed by atoms with Crippen LogP contribution in [0, 0.1) is 6.92 Å². The largest absolute Gasteiger partial charge is 0.355 e. The molecule has 0 radical (unpaired) electrons. The average Bonchev–Trinajstić information content (AvgIpc) is 2.72. The molecule has 3 rings (SSSR count). The first-order valence-electron chi connectivity index (χ1n) is 9.50. The van der Waals surface area contributed by atoms with E-state index in [9.17, 15) is 13.2 Å². The van der Waals surface area contributed by atoms with Crippen molar-refractivity contribution in [3.05, 3.63) is 53.6 Å². The number of aromatic nitrogens is 2. The maximum atomic E-state index is 12.7. The number of rotatable bonds is 6. The van der Waals surface area contributed by atoms with Crippen molar-refractivity contribution in [3.8, 4) is 0 Å². The van der Waals surface area contributed by atoms with Gasteiger partial charge in [0.2, 0.25) is 0 Å². The Kier molecular flexibility index (Phi) is 6.41. The third-order valence-electron chi connectivity index (χ3n) is 5.09. The summed E-state index contributed by atoms with van der Waals surface area (Å²) in [5, 5.41) is 2.64. The lowest BCUT2D eigenvalue weighted by Gasteiger charge is -2.36. The minimum absolute atomic E-state index is 0.0346. The first-order chi connectivity index (χ1) is 13.4. The molecule has 8 heteroatoms. The lowest BCUT2D eigenvalue weighted by atomic mass is 9.96. The molecule has 1 fully saturated rings. The maximum absolute atomic E-state index is 12.7. The summed E-state index contributed by atoms with van der Waals surface area (Å²) in [4.78, 5) is 23.5. The van der Waals surface area contributed by atoms with Crippen molar-refractivity contribution in [2.45, 2.75) is 37.1 Å². The van der Waals surface area contributed by atoms with Crippen LogP contribution in [-0.2, 0) is 9.84 Å². The Labute approximate surface area is 166 Å². The van der Waals surface area contributed by atoms with Crippen molar-refractivity contribution in [1.82, 2.24) is 20.2 Å². The summed E-state index contributed by atoms with van der Waals surface area (Å²) in [6, 6.07) is 8.43. The number of carbonyl (C=O) groups is 1. The summed E-state index contributed by atoms with van der Waals surface area (Å²) in [6.07, 6.45) is 4.42. The lowest BCUT2D eigenvalue weighted by molar-refractivity contribution is 0.0953. The number of sulfone groups is 1. The van der Waals surface area contributed by atoms with E-state index >= 15 is 0 Å². The molecule has 1 aliphatic heterocycles. The van der Waals surface area contributed by atoms with Gasteiger partial charge in [-0.25, -0.2) is 18.4 Å². The number of nitrogens with zero attached hydrogens (tertiary/aromatic N) is 3. The summed E-state index contributed by atoms with van der Waals surface area (Å²) in [5.41, 5.74) is 1.14. The fourth-order valence-electron chi connectivity index (χ4n) is 3.60. The van der Waals surface area contributed by atoms with Crippen LogP contribution < -0.4 is 5.32 Å². The van der Waals surface area contributed by atoms with Gasteiger partial charge in [-0.05, 0) is 38.4 Å². The van der Waals surface area contributed by atoms with Crippen LogP contribution in [0.5, 0.6) is 0 Å². The molecule has 1 amide bonds. The molecule has 0 aliphatic carbocycles. The van der Waals surface area contributed by atoms with Gasteiger partial charge in [-0.3, -0.25) is 9.69 Å². The molecule has 0 unspecified atom stereocenters. The molecule has 1 N–H and O–H groups in total. The molecule has 7 nitrogen and oxygen atoms in total. The Bertz CT molecular complexity index is 932. The second-order valence-electron chi connectivity index (χ2n) is 6.97. The molecule has 1 aliphatic rings. The number of piperidine rings is 1. The summed E-state index contributed by atoms with van der Waals surface area (Å²) in [5.74, 6) is 0.412. The highest BCUT2D eigenvalue weighted by Gasteiger charge is 2.30. The van der Waals surface area contributed by atoms with Gasteiger partial charge < -0.3 is 5.32 Å². The van der Waals surface area contributed by atoms with Crippen molar-refractivity contribution in [2.75, 3.05) is 25.9 Å². The van der Waals surface area contributed by atoms with Crippen LogP contribution >= 0.6 is 0 Å². The highest BCUT2D eigenvalue weighted by Crippen LogP contribution is 2.31. The van der Waals surface area contributed by atoms with E-state index in [1.54, 1.807) is 50.5 Å². The lowest BCUT2D eigenvalue weighted by Crippen LogP contribution is -2.38. The minimum atomic E-state index is -3.36. The predicted octanol–water partition coefficient (Wildman–Crippen LogP) is 2.15. The third-order valence-corrected chi connectivity index (χ3v) is 6.80. The quantitative estimate of drug-likeness (QED) is 0.796. The Hall–Kier alpha value is -2.32. The average molecular weight is 403 g/mol. The summed E-state index contributed by atoms with van der Waals surface area (Å²) in [7, 11) is -1.78. The highest BCUT2D eigenvalue weighted by atomic mass is 32.2. The molecule has 150 valence electrons. The number of carbonyl (C=O) groups excluding carboxylic acids is 1. The number of benzene rings is 1. The molecule has 1 saturated heterocycles. The Morgan fingerprint density at radius 3 is 2.71 bits per heavy atom. The molecule has 0 bridgehead atoms. The molecule has 1 aromatic carbocycles. The van der Waals surface area contributed by atoms with E-state index in [0.717, 1.165) is 25.8 Å². The molecule has 28 heavy (non-hydrogen) atoms. The smallest absolute Gasteiger partial charge is 0.254 e. The second-order valence-corrected chi connectivity index (χ2v) is 9.08. The van der Waals surface area contributed by atoms with E-state index in [4.69, 9.17) is 0 Å². The summed E-state index contributed by atoms with van der Waals surface area (Å²) < 4.78 is 25.4. The SMILES string of the molecule is CNC(=O)c1cnc(C)nc1[C@@H]1CCCCN1CCS(=O)(=O)c1ccccc1. The predicted molar refractivity (Wildman–Crippen MR) is 107 cm³/mol. The Morgan fingerprint density at radius 2 is 2.00 bits per heavy atom. The first-order valence-corrected chi connectivity index (χ1v) is 11.1. The topological polar surface area (TPSA) is 92.3 Å². The van der Waals surface area contributed by atoms with E-state index in [-0.39, 0.29) is 17.7 Å². The maximum Gasteiger partial charge on any atom is 0.254 e. The van der Waals surface area contributed by atoms with Crippen LogP contribution in [0.2, 0.25) is 0 Å². The van der Waals surface area contributed by atoms with Gasteiger partial charge in [-0.2, -0.15) is 0 Å². The number of likely N-dealkylation sites (tertiary alicyclic amines) is 1. The molecule has 1 atom stereocenters. The van der Waals surface area contributed by atoms with Gasteiger partial charge in [0, 0.05) is 19.8 Å². The van der Waals surface area contributed by atoms with Gasteiger partial charge in [0.05, 0.1) is 27.9 Å². The zero-order valence-corrected chi connectivity index (χ0v) is 17.1. The Morgan fingerprint density at radius 1 is 1.25 bits per heavy atom. The van der Waals surface area contributed by atoms with Gasteiger partial charge >= 0.3 is 0 Å². The summed E-state index contributed by atoms with van der Waals surface area (Å²) >= 11 is 0. The van der Waals surface area contributed by atoms with Crippen molar-refractivity contribution < 1.29 is 13.2 Å². The number of hydrogen-bond acceptors (Lipinski definition) is 6. The van der Waals surface area contributed by atoms with Crippen molar-refractivity contribution in [1.29, 1.82) is 0 Å². The van der Waals surface area contributed by atoms with E-state index in [0.29, 0.717) is 28.5 Å². The van der Waals surface area contributed by atoms with Crippen LogP contribution in [-0.4, -0.2) is 55.1 Å². The van der Waals surface area contributed by atoms with Crippen LogP contribution in [0.4, 0.5) is 0 Å². The molecule has 1 aromatic heterocycles. The van der Waals surface area contributed by atoms with Crippen LogP contribution in [0.3, 0.4) is 0 Å². The highest BCUT2D eigenvalue weighted by molar-refractivity contribution is 7.91. The molecule has 0 saturated carbocycles. The number of hydrogen-bond donors (Lipinski definition) is 1. The fourth-order valence-corrected chi connectivity index (χ4v) is 4.88. The zero-order valence-electron chi connectivity index (χ0n) is 16.3. The van der Waals surface area contributed by atoms with Crippen molar-refractivity contribution in [3.63, 3.8) is 0 Å². The van der Waals surface area contributed by atoms with E-state index in [1.807, 2.05) is 0 Å². The normalized spacial score (nSPS) is 18.0. The van der Waals surface area contributed by atoms with Crippen LogP contribution in [0.15, 0.2) is 41.4 Å². The molecule has 0 spiro atoms. The van der Waals surface area contributed by atoms with Crippen LogP contribution in [0.1, 0.15) is 47.2 Å². The molecular formula is C20H26N4O3S. The van der Waals surface area contributed by atoms with E-state index in [1.165, 1.54) is 0 Å². The molecule has 2 heterocycles. The van der Waals surface area contributed by atoms with E-state index < -0.39 is 9.84 Å². The van der Waals surface area contributed by atoms with Crippen LogP contribution in [0.25, 0.3) is 0 Å². The standard InChI is InChI=1S/C20H26N4O3S/c1-15-22-14-17(20(25)21-2)19(23-15)18-10-6-7-11-24(18)12-13-28(26,27)16-8-4-3-5-9-16/h3-5,8-9,14,18H,6-7,10-13H2,1-2H3,(H,21,25)/t18-/m0/s1. The third kappa shape index (κ3) is 4.56. The van der Waals surface area contributed by atoms with Crippen molar-refractivity contribution >= 4 is 15.7 Å². The minimum Gasteiger partial charge on any atom is -0.355 e. The van der Waals surface area contributed by atoms with E-state index in [2.05, 4.69) is 20.2 Å². The molecule has 2 aromatic rings. The number of amides is 1. The van der Waals surface area contributed by atoms with Gasteiger partial charge in [0.25, 0.3) is 5.91 Å². The molecular weight excluding hydrogens is 376 g/mol. The monoisotopic (exact) mass is 402 g/mol. The van der Waals surface area contributed by atoms with Crippen molar-refractivity contribution in [2.24, 2.45) is 0 Å². The van der Waals surface area contributed by atoms with Gasteiger partial charge in [0.1, 0.15) is 5.82 Å². The van der Waals surface area contributed by atoms with Gasteiger partial charge in [-0.1, -0.05) is 24.6 Å². The Balaban J connectivity index is 1.84. The number of aryl methyl sites for hydroxylation is 1. The fraction of sp³-hybridized carbons (Fsp3) is 0.450. The summed E-state index contributed by atoms with van der Waals surface area (Å²) in [6.45, 7) is 2.98. The zero-order chi connectivity index (χ0) is 20.1. The number of nitrogens with one attached hydrogen (secondary N) is 1. The second kappa shape index (κ2) is 8.79. The van der Waals surface area contributed by atoms with Gasteiger partial charge in [-0.15, -0.1) is 0 Å². The first kappa shape index (κ1) is 20.4.